The van der Waals surface area contributed by atoms with E-state index in [-0.39, 0.29) is 5.25 Å². The van der Waals surface area contributed by atoms with Crippen LogP contribution in [0.1, 0.15) is 11.5 Å². The summed E-state index contributed by atoms with van der Waals surface area (Å²) in [7, 11) is 0. The molecule has 0 spiro atoms. The molecule has 9 aromatic rings. The summed E-state index contributed by atoms with van der Waals surface area (Å²) in [4.78, 5) is 5.52. The fraction of sp³-hybridized carbons (Fsp3) is 0.0417. The van der Waals surface area contributed by atoms with Crippen LogP contribution >= 0.6 is 11.8 Å². The fourth-order valence-corrected chi connectivity index (χ4v) is 9.84. The average molecular weight is 697 g/mol. The van der Waals surface area contributed by atoms with E-state index >= 15 is 0 Å². The normalized spacial score (nSPS) is 16.3. The molecule has 2 aliphatic rings. The molecule has 0 saturated carbocycles. The standard InChI is InChI=1S/C48H32N4S/c1-2-12-37-31(10-1)11-9-17-38(37)32-20-22-33(23-21-32)51(34-24-26-35(27-25-34)52-49-44-18-7-8-19-45(44)50-52)36-28-29-43-46(30-36)53-48-42-16-6-4-14-40(42)39-13-3-5-15-41(39)47(43)48/h1-30,43,46H. The van der Waals surface area contributed by atoms with Crippen molar-refractivity contribution in [3.63, 3.8) is 0 Å². The lowest BCUT2D eigenvalue weighted by molar-refractivity contribution is 0.765. The molecule has 5 heteroatoms. The van der Waals surface area contributed by atoms with E-state index in [0.717, 1.165) is 33.8 Å². The van der Waals surface area contributed by atoms with E-state index in [0.29, 0.717) is 5.92 Å². The zero-order valence-corrected chi connectivity index (χ0v) is 29.5. The van der Waals surface area contributed by atoms with Crippen LogP contribution in [0.4, 0.5) is 11.4 Å². The Morgan fingerprint density at radius 3 is 1.85 bits per heavy atom. The third kappa shape index (κ3) is 4.92. The molecule has 8 aromatic carbocycles. The third-order valence-electron chi connectivity index (χ3n) is 10.8. The summed E-state index contributed by atoms with van der Waals surface area (Å²) in [5, 5.41) is 17.6. The Balaban J connectivity index is 1.01. The lowest BCUT2D eigenvalue weighted by Gasteiger charge is -2.30. The topological polar surface area (TPSA) is 34.0 Å². The number of benzene rings is 8. The Hall–Kier alpha value is -6.43. The van der Waals surface area contributed by atoms with Gasteiger partial charge in [-0.2, -0.15) is 4.80 Å². The van der Waals surface area contributed by atoms with Crippen molar-refractivity contribution in [2.24, 2.45) is 0 Å². The highest BCUT2D eigenvalue weighted by molar-refractivity contribution is 8.00. The third-order valence-corrected chi connectivity index (χ3v) is 12.2. The van der Waals surface area contributed by atoms with Crippen LogP contribution in [0.25, 0.3) is 60.2 Å². The van der Waals surface area contributed by atoms with Crippen LogP contribution in [0.5, 0.6) is 0 Å². The minimum Gasteiger partial charge on any atom is -0.311 e. The molecule has 1 aliphatic heterocycles. The zero-order chi connectivity index (χ0) is 34.9. The molecule has 2 atom stereocenters. The summed E-state index contributed by atoms with van der Waals surface area (Å²) in [6, 6.07) is 58.6. The number of hydrogen-bond acceptors (Lipinski definition) is 4. The number of rotatable bonds is 5. The lowest BCUT2D eigenvalue weighted by atomic mass is 9.86. The van der Waals surface area contributed by atoms with E-state index in [1.807, 2.05) is 36.0 Å². The molecule has 1 aromatic heterocycles. The van der Waals surface area contributed by atoms with Gasteiger partial charge in [-0.15, -0.1) is 22.0 Å². The van der Waals surface area contributed by atoms with Crippen LogP contribution in [0.15, 0.2) is 193 Å². The monoisotopic (exact) mass is 696 g/mol. The van der Waals surface area contributed by atoms with E-state index in [2.05, 4.69) is 163 Å². The first-order valence-corrected chi connectivity index (χ1v) is 19.0. The van der Waals surface area contributed by atoms with E-state index in [1.165, 1.54) is 53.9 Å². The molecular weight excluding hydrogens is 665 g/mol. The van der Waals surface area contributed by atoms with Gasteiger partial charge in [-0.25, -0.2) is 0 Å². The first-order chi connectivity index (χ1) is 26.3. The second-order valence-electron chi connectivity index (χ2n) is 13.8. The molecule has 250 valence electrons. The quantitative estimate of drug-likeness (QED) is 0.168. The highest BCUT2D eigenvalue weighted by Crippen LogP contribution is 2.55. The summed E-state index contributed by atoms with van der Waals surface area (Å²) in [6.07, 6.45) is 7.24. The van der Waals surface area contributed by atoms with Gasteiger partial charge in [0.2, 0.25) is 0 Å². The van der Waals surface area contributed by atoms with Gasteiger partial charge >= 0.3 is 0 Å². The predicted molar refractivity (Wildman–Crippen MR) is 221 cm³/mol. The highest BCUT2D eigenvalue weighted by Gasteiger charge is 2.36. The van der Waals surface area contributed by atoms with E-state index in [9.17, 15) is 0 Å². The number of aromatic nitrogens is 3. The predicted octanol–water partition coefficient (Wildman–Crippen LogP) is 12.4. The largest absolute Gasteiger partial charge is 0.311 e. The molecule has 0 bridgehead atoms. The molecular formula is C48H32N4S. The Morgan fingerprint density at radius 1 is 0.528 bits per heavy atom. The number of allylic oxidation sites excluding steroid dienone is 2. The van der Waals surface area contributed by atoms with Crippen molar-refractivity contribution < 1.29 is 0 Å². The second kappa shape index (κ2) is 12.1. The minimum atomic E-state index is 0.275. The Labute approximate surface area is 311 Å². The first kappa shape index (κ1) is 30.2. The van der Waals surface area contributed by atoms with Gasteiger partial charge in [-0.05, 0) is 110 Å². The molecule has 2 heterocycles. The summed E-state index contributed by atoms with van der Waals surface area (Å²) in [5.41, 5.74) is 9.92. The fourth-order valence-electron chi connectivity index (χ4n) is 8.31. The molecule has 11 rings (SSSR count). The van der Waals surface area contributed by atoms with Gasteiger partial charge in [0.05, 0.1) is 5.69 Å². The Bertz CT molecular complexity index is 2900. The number of fused-ring (bicyclic) bond motifs is 10. The summed E-state index contributed by atoms with van der Waals surface area (Å²) < 4.78 is 0. The highest BCUT2D eigenvalue weighted by atomic mass is 32.2. The van der Waals surface area contributed by atoms with Crippen LogP contribution in [-0.2, 0) is 0 Å². The van der Waals surface area contributed by atoms with Crippen LogP contribution < -0.4 is 4.90 Å². The van der Waals surface area contributed by atoms with Crippen LogP contribution in [0.2, 0.25) is 0 Å². The van der Waals surface area contributed by atoms with E-state index in [4.69, 9.17) is 10.2 Å². The van der Waals surface area contributed by atoms with Gasteiger partial charge in [0.15, 0.2) is 0 Å². The Kier molecular flexibility index (Phi) is 6.89. The van der Waals surface area contributed by atoms with Gasteiger partial charge in [0.1, 0.15) is 11.0 Å². The van der Waals surface area contributed by atoms with E-state index < -0.39 is 0 Å². The van der Waals surface area contributed by atoms with Crippen molar-refractivity contribution in [2.45, 2.75) is 16.1 Å². The maximum atomic E-state index is 4.73. The molecule has 0 amide bonds. The molecule has 0 N–H and O–H groups in total. The van der Waals surface area contributed by atoms with Crippen molar-refractivity contribution in [1.29, 1.82) is 0 Å². The van der Waals surface area contributed by atoms with Gasteiger partial charge in [-0.3, -0.25) is 0 Å². The van der Waals surface area contributed by atoms with Gasteiger partial charge in [-0.1, -0.05) is 121 Å². The first-order valence-electron chi connectivity index (χ1n) is 18.1. The van der Waals surface area contributed by atoms with Crippen molar-refractivity contribution in [3.05, 3.63) is 193 Å². The SMILES string of the molecule is C1=CC2c3c(c4ccccc4c4ccccc34)SC2C=C1N(c1ccc(-c2cccc3ccccc23)cc1)c1ccc(-n2nc3ccccc3n2)cc1. The summed E-state index contributed by atoms with van der Waals surface area (Å²) in [5.74, 6) is 0.297. The molecule has 2 unspecified atom stereocenters. The molecule has 0 saturated heterocycles. The number of thioether (sulfide) groups is 1. The number of anilines is 2. The molecule has 4 nitrogen and oxygen atoms in total. The van der Waals surface area contributed by atoms with Crippen molar-refractivity contribution in [1.82, 2.24) is 15.0 Å². The zero-order valence-electron chi connectivity index (χ0n) is 28.7. The van der Waals surface area contributed by atoms with Gasteiger partial charge < -0.3 is 4.90 Å². The van der Waals surface area contributed by atoms with Crippen molar-refractivity contribution >= 4 is 66.5 Å². The average Bonchev–Trinajstić information content (AvgIpc) is 3.84. The van der Waals surface area contributed by atoms with Gasteiger partial charge in [0, 0.05) is 33.1 Å². The lowest BCUT2D eigenvalue weighted by Crippen LogP contribution is -2.20. The molecule has 0 radical (unpaired) electrons. The molecule has 0 fully saturated rings. The smallest absolute Gasteiger partial charge is 0.113 e. The maximum Gasteiger partial charge on any atom is 0.113 e. The van der Waals surface area contributed by atoms with Crippen LogP contribution in [0, 0.1) is 0 Å². The van der Waals surface area contributed by atoms with Crippen LogP contribution in [-0.4, -0.2) is 20.2 Å². The van der Waals surface area contributed by atoms with E-state index in [1.54, 1.807) is 4.80 Å². The van der Waals surface area contributed by atoms with Crippen molar-refractivity contribution in [2.75, 3.05) is 4.90 Å². The summed E-state index contributed by atoms with van der Waals surface area (Å²) >= 11 is 2.00. The summed E-state index contributed by atoms with van der Waals surface area (Å²) in [6.45, 7) is 0. The number of nitrogens with zero attached hydrogens (tertiary/aromatic N) is 4. The Morgan fingerprint density at radius 2 is 1.11 bits per heavy atom. The van der Waals surface area contributed by atoms with Crippen LogP contribution in [0.3, 0.4) is 0 Å². The number of hydrogen-bond donors (Lipinski definition) is 0. The molecule has 53 heavy (non-hydrogen) atoms. The molecule has 1 aliphatic carbocycles. The second-order valence-corrected chi connectivity index (χ2v) is 15.0. The minimum absolute atomic E-state index is 0.275. The van der Waals surface area contributed by atoms with Crippen molar-refractivity contribution in [3.8, 4) is 16.8 Å². The van der Waals surface area contributed by atoms with Gasteiger partial charge in [0.25, 0.3) is 0 Å². The maximum absolute atomic E-state index is 4.73.